The molecule has 1 heterocycles. The molecule has 1 atom stereocenters. The lowest BCUT2D eigenvalue weighted by molar-refractivity contribution is -0.141. The third kappa shape index (κ3) is 2.98. The molecule has 1 aromatic heterocycles. The molecule has 4 nitrogen and oxygen atoms in total. The van der Waals surface area contributed by atoms with Crippen LogP contribution in [0, 0.1) is 0 Å². The monoisotopic (exact) mass is 286 g/mol. The molecule has 2 aromatic rings. The molecule has 1 aromatic carbocycles. The normalized spacial score (nSPS) is 12.7. The first kappa shape index (κ1) is 13.7. The SMILES string of the molecule is COC(=O)[C@H](C)Nc1ccc2nc(C(F)F)sc2c1. The van der Waals surface area contributed by atoms with Crippen LogP contribution < -0.4 is 5.32 Å². The van der Waals surface area contributed by atoms with Crippen molar-refractivity contribution in [1.29, 1.82) is 0 Å². The van der Waals surface area contributed by atoms with Gasteiger partial charge in [0.1, 0.15) is 6.04 Å². The van der Waals surface area contributed by atoms with Crippen LogP contribution in [0.3, 0.4) is 0 Å². The highest BCUT2D eigenvalue weighted by atomic mass is 32.1. The summed E-state index contributed by atoms with van der Waals surface area (Å²) in [6.07, 6.45) is -2.57. The maximum absolute atomic E-state index is 12.5. The highest BCUT2D eigenvalue weighted by Crippen LogP contribution is 2.30. The first-order chi connectivity index (χ1) is 9.01. The molecule has 2 rings (SSSR count). The molecule has 0 bridgehead atoms. The quantitative estimate of drug-likeness (QED) is 0.877. The molecule has 0 spiro atoms. The van der Waals surface area contributed by atoms with Gasteiger partial charge in [-0.2, -0.15) is 0 Å². The molecule has 0 aliphatic heterocycles. The number of nitrogens with one attached hydrogen (secondary N) is 1. The van der Waals surface area contributed by atoms with E-state index in [0.29, 0.717) is 15.9 Å². The van der Waals surface area contributed by atoms with E-state index in [1.165, 1.54) is 7.11 Å². The average Bonchev–Trinajstić information content (AvgIpc) is 2.81. The molecular weight excluding hydrogens is 274 g/mol. The molecule has 1 N–H and O–H groups in total. The van der Waals surface area contributed by atoms with Gasteiger partial charge in [0.2, 0.25) is 0 Å². The van der Waals surface area contributed by atoms with E-state index in [-0.39, 0.29) is 5.01 Å². The van der Waals surface area contributed by atoms with Gasteiger partial charge >= 0.3 is 5.97 Å². The standard InChI is InChI=1S/C12H12F2N2O2S/c1-6(12(17)18-2)15-7-3-4-8-9(5-7)19-11(16-8)10(13)14/h3-6,10,15H,1-2H3/t6-/m0/s1. The Morgan fingerprint density at radius 3 is 2.84 bits per heavy atom. The Morgan fingerprint density at radius 2 is 2.21 bits per heavy atom. The second-order valence-electron chi connectivity index (χ2n) is 3.92. The van der Waals surface area contributed by atoms with E-state index < -0.39 is 18.4 Å². The van der Waals surface area contributed by atoms with Crippen molar-refractivity contribution in [2.75, 3.05) is 12.4 Å². The Morgan fingerprint density at radius 1 is 1.47 bits per heavy atom. The minimum absolute atomic E-state index is 0.201. The Labute approximate surface area is 112 Å². The van der Waals surface area contributed by atoms with Gasteiger partial charge in [-0.1, -0.05) is 0 Å². The second-order valence-corrected chi connectivity index (χ2v) is 4.99. The largest absolute Gasteiger partial charge is 0.467 e. The van der Waals surface area contributed by atoms with Crippen molar-refractivity contribution in [3.8, 4) is 0 Å². The van der Waals surface area contributed by atoms with E-state index in [1.54, 1.807) is 25.1 Å². The van der Waals surface area contributed by atoms with E-state index in [0.717, 1.165) is 11.3 Å². The molecule has 0 radical (unpaired) electrons. The predicted octanol–water partition coefficient (Wildman–Crippen LogP) is 3.21. The number of anilines is 1. The molecule has 0 saturated carbocycles. The van der Waals surface area contributed by atoms with Crippen LogP contribution >= 0.6 is 11.3 Å². The van der Waals surface area contributed by atoms with Crippen molar-refractivity contribution in [2.24, 2.45) is 0 Å². The van der Waals surface area contributed by atoms with Gasteiger partial charge < -0.3 is 10.1 Å². The zero-order valence-electron chi connectivity index (χ0n) is 10.3. The van der Waals surface area contributed by atoms with E-state index in [1.807, 2.05) is 0 Å². The van der Waals surface area contributed by atoms with Gasteiger partial charge in [-0.3, -0.25) is 0 Å². The highest BCUT2D eigenvalue weighted by molar-refractivity contribution is 7.18. The molecular formula is C12H12F2N2O2S. The van der Waals surface area contributed by atoms with Crippen molar-refractivity contribution < 1.29 is 18.3 Å². The van der Waals surface area contributed by atoms with Crippen LogP contribution in [0.4, 0.5) is 14.5 Å². The van der Waals surface area contributed by atoms with Crippen molar-refractivity contribution >= 4 is 33.2 Å². The summed E-state index contributed by atoms with van der Waals surface area (Å²) < 4.78 is 30.3. The van der Waals surface area contributed by atoms with Gasteiger partial charge in [0.15, 0.2) is 5.01 Å². The number of thiazole rings is 1. The fraction of sp³-hybridized carbons (Fsp3) is 0.333. The summed E-state index contributed by atoms with van der Waals surface area (Å²) in [6.45, 7) is 1.66. The average molecular weight is 286 g/mol. The molecule has 0 aliphatic rings. The fourth-order valence-electron chi connectivity index (χ4n) is 1.61. The molecule has 0 amide bonds. The van der Waals surface area contributed by atoms with Crippen LogP contribution in [-0.4, -0.2) is 24.1 Å². The maximum Gasteiger partial charge on any atom is 0.327 e. The predicted molar refractivity (Wildman–Crippen MR) is 69.7 cm³/mol. The van der Waals surface area contributed by atoms with Crippen molar-refractivity contribution in [2.45, 2.75) is 19.4 Å². The van der Waals surface area contributed by atoms with Gasteiger partial charge in [0.05, 0.1) is 17.3 Å². The molecule has 0 saturated heterocycles. The van der Waals surface area contributed by atoms with Crippen LogP contribution in [0.1, 0.15) is 18.4 Å². The number of rotatable bonds is 4. The zero-order chi connectivity index (χ0) is 14.0. The fourth-order valence-corrected chi connectivity index (χ4v) is 2.47. The van der Waals surface area contributed by atoms with Crippen LogP contribution in [-0.2, 0) is 9.53 Å². The number of hydrogen-bond donors (Lipinski definition) is 1. The van der Waals surface area contributed by atoms with Crippen LogP contribution in [0.25, 0.3) is 10.2 Å². The third-order valence-electron chi connectivity index (χ3n) is 2.53. The number of carbonyl (C=O) groups is 1. The first-order valence-electron chi connectivity index (χ1n) is 5.54. The van der Waals surface area contributed by atoms with Gasteiger partial charge in [-0.05, 0) is 25.1 Å². The number of benzene rings is 1. The Hall–Kier alpha value is -1.76. The number of carbonyl (C=O) groups excluding carboxylic acids is 1. The molecule has 0 aliphatic carbocycles. The molecule has 0 unspecified atom stereocenters. The van der Waals surface area contributed by atoms with Gasteiger partial charge in [-0.25, -0.2) is 18.6 Å². The zero-order valence-corrected chi connectivity index (χ0v) is 11.1. The van der Waals surface area contributed by atoms with Gasteiger partial charge in [-0.15, -0.1) is 11.3 Å². The van der Waals surface area contributed by atoms with E-state index in [2.05, 4.69) is 15.0 Å². The summed E-state index contributed by atoms with van der Waals surface area (Å²) in [5, 5.41) is 2.74. The van der Waals surface area contributed by atoms with Gasteiger partial charge in [0, 0.05) is 5.69 Å². The van der Waals surface area contributed by atoms with E-state index in [4.69, 9.17) is 0 Å². The molecule has 19 heavy (non-hydrogen) atoms. The van der Waals surface area contributed by atoms with Crippen LogP contribution in [0.15, 0.2) is 18.2 Å². The minimum atomic E-state index is -2.57. The Bertz CT molecular complexity index is 600. The number of ether oxygens (including phenoxy) is 1. The summed E-state index contributed by atoms with van der Waals surface area (Å²) >= 11 is 0.943. The van der Waals surface area contributed by atoms with Crippen molar-refractivity contribution in [1.82, 2.24) is 4.98 Å². The molecule has 7 heteroatoms. The number of nitrogens with zero attached hydrogens (tertiary/aromatic N) is 1. The smallest absolute Gasteiger partial charge is 0.327 e. The number of methoxy groups -OCH3 is 1. The maximum atomic E-state index is 12.5. The highest BCUT2D eigenvalue weighted by Gasteiger charge is 2.15. The number of halogens is 2. The second kappa shape index (κ2) is 5.48. The third-order valence-corrected chi connectivity index (χ3v) is 3.56. The number of alkyl halides is 2. The number of hydrogen-bond acceptors (Lipinski definition) is 5. The molecule has 102 valence electrons. The summed E-state index contributed by atoms with van der Waals surface area (Å²) in [5.41, 5.74) is 1.19. The Balaban J connectivity index is 2.23. The summed E-state index contributed by atoms with van der Waals surface area (Å²) in [4.78, 5) is 15.1. The van der Waals surface area contributed by atoms with E-state index in [9.17, 15) is 13.6 Å². The number of aromatic nitrogens is 1. The molecule has 0 fully saturated rings. The van der Waals surface area contributed by atoms with Crippen LogP contribution in [0.5, 0.6) is 0 Å². The Kier molecular flexibility index (Phi) is 3.94. The lowest BCUT2D eigenvalue weighted by atomic mass is 10.2. The summed E-state index contributed by atoms with van der Waals surface area (Å²) in [6, 6.07) is 4.52. The van der Waals surface area contributed by atoms with Crippen LogP contribution in [0.2, 0.25) is 0 Å². The number of fused-ring (bicyclic) bond motifs is 1. The topological polar surface area (TPSA) is 51.2 Å². The van der Waals surface area contributed by atoms with Crippen molar-refractivity contribution in [3.63, 3.8) is 0 Å². The van der Waals surface area contributed by atoms with Crippen molar-refractivity contribution in [3.05, 3.63) is 23.2 Å². The first-order valence-corrected chi connectivity index (χ1v) is 6.36. The lowest BCUT2D eigenvalue weighted by Crippen LogP contribution is -2.27. The number of esters is 1. The van der Waals surface area contributed by atoms with E-state index >= 15 is 0 Å². The summed E-state index contributed by atoms with van der Waals surface area (Å²) in [7, 11) is 1.31. The lowest BCUT2D eigenvalue weighted by Gasteiger charge is -2.12. The summed E-state index contributed by atoms with van der Waals surface area (Å²) in [5.74, 6) is -0.391. The van der Waals surface area contributed by atoms with Gasteiger partial charge in [0.25, 0.3) is 6.43 Å². The minimum Gasteiger partial charge on any atom is -0.467 e.